The molecule has 0 spiro atoms. The van der Waals surface area contributed by atoms with Crippen LogP contribution in [0.25, 0.3) is 11.0 Å². The summed E-state index contributed by atoms with van der Waals surface area (Å²) in [6.45, 7) is 2.13. The van der Waals surface area contributed by atoms with Crippen LogP contribution in [0.2, 0.25) is 0 Å². The van der Waals surface area contributed by atoms with Crippen LogP contribution < -0.4 is 5.32 Å². The number of piperidine rings is 1. The lowest BCUT2D eigenvalue weighted by Crippen LogP contribution is -2.27. The van der Waals surface area contributed by atoms with E-state index in [4.69, 9.17) is 10.2 Å². The van der Waals surface area contributed by atoms with E-state index in [-0.39, 0.29) is 0 Å². The van der Waals surface area contributed by atoms with Gasteiger partial charge < -0.3 is 9.88 Å². The van der Waals surface area contributed by atoms with Crippen molar-refractivity contribution in [2.24, 2.45) is 7.05 Å². The highest BCUT2D eigenvalue weighted by Gasteiger charge is 2.20. The van der Waals surface area contributed by atoms with Gasteiger partial charge in [0.25, 0.3) is 0 Å². The summed E-state index contributed by atoms with van der Waals surface area (Å²) in [5, 5.41) is 12.3. The van der Waals surface area contributed by atoms with Crippen LogP contribution in [-0.2, 0) is 7.05 Å². The van der Waals surface area contributed by atoms with Gasteiger partial charge in [-0.05, 0) is 44.1 Å². The Hall–Kier alpha value is -1.86. The third-order valence-electron chi connectivity index (χ3n) is 3.75. The summed E-state index contributed by atoms with van der Waals surface area (Å²) in [5.41, 5.74) is 2.73. The van der Waals surface area contributed by atoms with Crippen molar-refractivity contribution in [3.05, 3.63) is 29.6 Å². The van der Waals surface area contributed by atoms with Crippen molar-refractivity contribution >= 4 is 11.0 Å². The molecule has 1 aromatic heterocycles. The Labute approximate surface area is 106 Å². The van der Waals surface area contributed by atoms with Crippen molar-refractivity contribution in [1.82, 2.24) is 14.9 Å². The molecule has 0 amide bonds. The van der Waals surface area contributed by atoms with Crippen LogP contribution in [0.3, 0.4) is 0 Å². The van der Waals surface area contributed by atoms with Crippen LogP contribution in [0.15, 0.2) is 18.2 Å². The van der Waals surface area contributed by atoms with Crippen LogP contribution in [0, 0.1) is 11.3 Å². The van der Waals surface area contributed by atoms with Gasteiger partial charge in [0, 0.05) is 13.0 Å². The second kappa shape index (κ2) is 4.43. The lowest BCUT2D eigenvalue weighted by atomic mass is 9.97. The van der Waals surface area contributed by atoms with Gasteiger partial charge in [-0.2, -0.15) is 5.26 Å². The molecule has 4 heteroatoms. The minimum atomic E-state index is 0.536. The van der Waals surface area contributed by atoms with Crippen molar-refractivity contribution in [1.29, 1.82) is 5.26 Å². The molecular weight excluding hydrogens is 224 g/mol. The molecule has 0 aliphatic carbocycles. The van der Waals surface area contributed by atoms with Crippen LogP contribution in [0.5, 0.6) is 0 Å². The van der Waals surface area contributed by atoms with Gasteiger partial charge in [0.1, 0.15) is 5.82 Å². The van der Waals surface area contributed by atoms with Gasteiger partial charge in [-0.3, -0.25) is 0 Å². The lowest BCUT2D eigenvalue weighted by molar-refractivity contribution is 0.438. The highest BCUT2D eigenvalue weighted by molar-refractivity contribution is 5.77. The number of aryl methyl sites for hydroxylation is 1. The van der Waals surface area contributed by atoms with E-state index in [1.165, 1.54) is 0 Å². The Kier molecular flexibility index (Phi) is 2.77. The fraction of sp³-hybridized carbons (Fsp3) is 0.429. The highest BCUT2D eigenvalue weighted by Crippen LogP contribution is 2.27. The summed E-state index contributed by atoms with van der Waals surface area (Å²) >= 11 is 0. The molecule has 1 fully saturated rings. The first-order valence-corrected chi connectivity index (χ1v) is 6.37. The molecule has 2 aromatic rings. The summed E-state index contributed by atoms with van der Waals surface area (Å²) in [5.74, 6) is 1.69. The number of fused-ring (bicyclic) bond motifs is 1. The van der Waals surface area contributed by atoms with Gasteiger partial charge in [0.2, 0.25) is 0 Å². The Morgan fingerprint density at radius 3 is 2.89 bits per heavy atom. The van der Waals surface area contributed by atoms with E-state index in [1.54, 1.807) is 0 Å². The molecular formula is C14H16N4. The molecule has 0 unspecified atom stereocenters. The number of imidazole rings is 1. The van der Waals surface area contributed by atoms with E-state index in [0.29, 0.717) is 11.5 Å². The number of nitriles is 1. The van der Waals surface area contributed by atoms with Crippen molar-refractivity contribution in [2.45, 2.75) is 18.8 Å². The zero-order valence-electron chi connectivity index (χ0n) is 10.5. The Morgan fingerprint density at radius 2 is 2.17 bits per heavy atom. The molecule has 1 aliphatic rings. The molecule has 1 saturated heterocycles. The fourth-order valence-electron chi connectivity index (χ4n) is 2.73. The molecule has 0 bridgehead atoms. The molecule has 1 aromatic carbocycles. The zero-order chi connectivity index (χ0) is 12.5. The highest BCUT2D eigenvalue weighted by atomic mass is 15.1. The Bertz CT molecular complexity index is 614. The molecule has 0 saturated carbocycles. The number of rotatable bonds is 1. The Morgan fingerprint density at radius 1 is 1.39 bits per heavy atom. The van der Waals surface area contributed by atoms with Gasteiger partial charge in [-0.25, -0.2) is 4.98 Å². The first-order chi connectivity index (χ1) is 8.79. The average Bonchev–Trinajstić information content (AvgIpc) is 2.76. The standard InChI is InChI=1S/C14H16N4/c1-18-13-3-2-10(9-15)8-12(13)17-14(18)11-4-6-16-7-5-11/h2-3,8,11,16H,4-7H2,1H3. The first-order valence-electron chi connectivity index (χ1n) is 6.37. The van der Waals surface area contributed by atoms with Gasteiger partial charge >= 0.3 is 0 Å². The third kappa shape index (κ3) is 1.77. The smallest absolute Gasteiger partial charge is 0.112 e. The third-order valence-corrected chi connectivity index (χ3v) is 3.75. The van der Waals surface area contributed by atoms with E-state index in [9.17, 15) is 0 Å². The number of nitrogens with zero attached hydrogens (tertiary/aromatic N) is 3. The molecule has 0 atom stereocenters. The number of hydrogen-bond acceptors (Lipinski definition) is 3. The van der Waals surface area contributed by atoms with Crippen molar-refractivity contribution in [2.75, 3.05) is 13.1 Å². The first kappa shape index (κ1) is 11.2. The van der Waals surface area contributed by atoms with E-state index < -0.39 is 0 Å². The normalized spacial score (nSPS) is 16.9. The summed E-state index contributed by atoms with van der Waals surface area (Å²) in [6, 6.07) is 7.89. The fourth-order valence-corrected chi connectivity index (χ4v) is 2.73. The SMILES string of the molecule is Cn1c(C2CCNCC2)nc2cc(C#N)ccc21. The van der Waals surface area contributed by atoms with Crippen LogP contribution >= 0.6 is 0 Å². The quantitative estimate of drug-likeness (QED) is 0.828. The number of aromatic nitrogens is 2. The van der Waals surface area contributed by atoms with Crippen molar-refractivity contribution < 1.29 is 0 Å². The Balaban J connectivity index is 2.07. The number of hydrogen-bond donors (Lipinski definition) is 1. The van der Waals surface area contributed by atoms with E-state index in [2.05, 4.69) is 23.0 Å². The van der Waals surface area contributed by atoms with Gasteiger partial charge in [-0.1, -0.05) is 0 Å². The maximum atomic E-state index is 8.93. The predicted octanol–water partition coefficient (Wildman–Crippen LogP) is 1.91. The summed E-state index contributed by atoms with van der Waals surface area (Å²) in [6.07, 6.45) is 2.28. The van der Waals surface area contributed by atoms with Crippen molar-refractivity contribution in [3.8, 4) is 6.07 Å². The van der Waals surface area contributed by atoms with Gasteiger partial charge in [0.15, 0.2) is 0 Å². The number of benzene rings is 1. The molecule has 4 nitrogen and oxygen atoms in total. The molecule has 92 valence electrons. The molecule has 3 rings (SSSR count). The molecule has 0 radical (unpaired) electrons. The largest absolute Gasteiger partial charge is 0.331 e. The van der Waals surface area contributed by atoms with Gasteiger partial charge in [0.05, 0.1) is 22.7 Å². The van der Waals surface area contributed by atoms with Crippen LogP contribution in [-0.4, -0.2) is 22.6 Å². The minimum Gasteiger partial charge on any atom is -0.331 e. The maximum absolute atomic E-state index is 8.93. The number of nitrogens with one attached hydrogen (secondary N) is 1. The average molecular weight is 240 g/mol. The van der Waals surface area contributed by atoms with Crippen LogP contribution in [0.1, 0.15) is 30.1 Å². The van der Waals surface area contributed by atoms with Crippen LogP contribution in [0.4, 0.5) is 0 Å². The summed E-state index contributed by atoms with van der Waals surface area (Å²) in [7, 11) is 2.07. The topological polar surface area (TPSA) is 53.6 Å². The summed E-state index contributed by atoms with van der Waals surface area (Å²) in [4.78, 5) is 4.73. The minimum absolute atomic E-state index is 0.536. The molecule has 1 N–H and O–H groups in total. The van der Waals surface area contributed by atoms with Crippen molar-refractivity contribution in [3.63, 3.8) is 0 Å². The second-order valence-electron chi connectivity index (χ2n) is 4.87. The van der Waals surface area contributed by atoms with E-state index >= 15 is 0 Å². The molecule has 1 aliphatic heterocycles. The molecule has 2 heterocycles. The van der Waals surface area contributed by atoms with E-state index in [1.807, 2.05) is 18.2 Å². The maximum Gasteiger partial charge on any atom is 0.112 e. The summed E-state index contributed by atoms with van der Waals surface area (Å²) < 4.78 is 2.17. The zero-order valence-corrected chi connectivity index (χ0v) is 10.5. The lowest BCUT2D eigenvalue weighted by Gasteiger charge is -2.22. The molecule has 18 heavy (non-hydrogen) atoms. The van der Waals surface area contributed by atoms with Gasteiger partial charge in [-0.15, -0.1) is 0 Å². The van der Waals surface area contributed by atoms with E-state index in [0.717, 1.165) is 42.8 Å². The predicted molar refractivity (Wildman–Crippen MR) is 70.3 cm³/mol. The second-order valence-corrected chi connectivity index (χ2v) is 4.87. The monoisotopic (exact) mass is 240 g/mol.